The zero-order valence-electron chi connectivity index (χ0n) is 10.5. The number of anilines is 1. The molecule has 1 amide bonds. The molecule has 1 aromatic carbocycles. The Labute approximate surface area is 125 Å². The van der Waals surface area contributed by atoms with E-state index in [2.05, 4.69) is 10.6 Å². The van der Waals surface area contributed by atoms with Crippen molar-refractivity contribution in [1.82, 2.24) is 5.32 Å². The van der Waals surface area contributed by atoms with Crippen LogP contribution in [0.5, 0.6) is 5.75 Å². The Morgan fingerprint density at radius 1 is 1.40 bits per heavy atom. The van der Waals surface area contributed by atoms with Crippen molar-refractivity contribution in [2.24, 2.45) is 0 Å². The molecule has 2 rings (SSSR count). The fourth-order valence-electron chi connectivity index (χ4n) is 1.48. The number of halogens is 1. The zero-order valence-corrected chi connectivity index (χ0v) is 12.0. The molecule has 0 radical (unpaired) electrons. The number of methoxy groups -OCH3 is 1. The van der Waals surface area contributed by atoms with Crippen molar-refractivity contribution in [1.29, 1.82) is 0 Å². The first-order chi connectivity index (χ1) is 9.60. The zero-order chi connectivity index (χ0) is 14.5. The first kappa shape index (κ1) is 14.4. The molecule has 1 aromatic heterocycles. The summed E-state index contributed by atoms with van der Waals surface area (Å²) in [5.74, 6) is 0.316. The summed E-state index contributed by atoms with van der Waals surface area (Å²) in [7, 11) is 1.53. The molecule has 5 nitrogen and oxygen atoms in total. The first-order valence-electron chi connectivity index (χ1n) is 5.59. The Morgan fingerprint density at radius 2 is 2.20 bits per heavy atom. The predicted molar refractivity (Wildman–Crippen MR) is 80.4 cm³/mol. The van der Waals surface area contributed by atoms with E-state index in [4.69, 9.17) is 33.0 Å². The summed E-state index contributed by atoms with van der Waals surface area (Å²) in [6, 6.07) is 8.24. The average molecular weight is 311 g/mol. The van der Waals surface area contributed by atoms with Crippen LogP contribution in [0.4, 0.5) is 5.69 Å². The molecule has 0 aliphatic heterocycles. The fraction of sp³-hybridized carbons (Fsp3) is 0.0769. The molecule has 0 saturated heterocycles. The number of rotatable bonds is 3. The molecule has 104 valence electrons. The Kier molecular flexibility index (Phi) is 4.60. The molecule has 1 heterocycles. The monoisotopic (exact) mass is 310 g/mol. The van der Waals surface area contributed by atoms with Gasteiger partial charge in [0.05, 0.1) is 18.4 Å². The molecule has 0 bridgehead atoms. The van der Waals surface area contributed by atoms with Crippen LogP contribution in [0.15, 0.2) is 41.0 Å². The van der Waals surface area contributed by atoms with Crippen molar-refractivity contribution in [2.45, 2.75) is 0 Å². The molecular formula is C13H11ClN2O3S. The van der Waals surface area contributed by atoms with Gasteiger partial charge in [0, 0.05) is 5.69 Å². The standard InChI is InChI=1S/C13H11ClN2O3S/c1-18-10-5-4-8(7-9(10)14)15-13(20)16-12(17)11-3-2-6-19-11/h2-7H,1H3,(H2,15,16,17,20). The number of nitrogens with one attached hydrogen (secondary N) is 2. The second kappa shape index (κ2) is 6.40. The second-order valence-corrected chi connectivity index (χ2v) is 4.55. The fourth-order valence-corrected chi connectivity index (χ4v) is 1.95. The van der Waals surface area contributed by atoms with E-state index in [1.165, 1.54) is 13.4 Å². The summed E-state index contributed by atoms with van der Waals surface area (Å²) in [4.78, 5) is 11.7. The van der Waals surface area contributed by atoms with Crippen molar-refractivity contribution in [3.63, 3.8) is 0 Å². The molecule has 2 aromatic rings. The van der Waals surface area contributed by atoms with Crippen LogP contribution < -0.4 is 15.4 Å². The van der Waals surface area contributed by atoms with Gasteiger partial charge in [0.15, 0.2) is 10.9 Å². The molecule has 0 fully saturated rings. The largest absolute Gasteiger partial charge is 0.495 e. The van der Waals surface area contributed by atoms with E-state index in [-0.39, 0.29) is 10.9 Å². The van der Waals surface area contributed by atoms with E-state index in [9.17, 15) is 4.79 Å². The maximum Gasteiger partial charge on any atom is 0.293 e. The van der Waals surface area contributed by atoms with Gasteiger partial charge in [-0.25, -0.2) is 0 Å². The smallest absolute Gasteiger partial charge is 0.293 e. The van der Waals surface area contributed by atoms with Gasteiger partial charge in [-0.05, 0) is 42.5 Å². The minimum absolute atomic E-state index is 0.146. The van der Waals surface area contributed by atoms with E-state index in [1.54, 1.807) is 30.3 Å². The highest BCUT2D eigenvalue weighted by Crippen LogP contribution is 2.27. The van der Waals surface area contributed by atoms with Crippen LogP contribution in [0.1, 0.15) is 10.6 Å². The average Bonchev–Trinajstić information content (AvgIpc) is 2.92. The Hall–Kier alpha value is -2.05. The molecule has 2 N–H and O–H groups in total. The SMILES string of the molecule is COc1ccc(NC(=S)NC(=O)c2ccco2)cc1Cl. The van der Waals surface area contributed by atoms with E-state index in [0.29, 0.717) is 16.5 Å². The molecule has 0 atom stereocenters. The van der Waals surface area contributed by atoms with Gasteiger partial charge in [0.25, 0.3) is 5.91 Å². The van der Waals surface area contributed by atoms with Crippen LogP contribution in [0.2, 0.25) is 5.02 Å². The van der Waals surface area contributed by atoms with Gasteiger partial charge >= 0.3 is 0 Å². The molecule has 7 heteroatoms. The van der Waals surface area contributed by atoms with E-state index >= 15 is 0 Å². The molecule has 0 aliphatic carbocycles. The van der Waals surface area contributed by atoms with Crippen LogP contribution >= 0.6 is 23.8 Å². The summed E-state index contributed by atoms with van der Waals surface area (Å²) in [5.41, 5.74) is 0.639. The van der Waals surface area contributed by atoms with Gasteiger partial charge in [-0.15, -0.1) is 0 Å². The van der Waals surface area contributed by atoms with Crippen LogP contribution in [0, 0.1) is 0 Å². The van der Waals surface area contributed by atoms with E-state index in [0.717, 1.165) is 0 Å². The van der Waals surface area contributed by atoms with Crippen LogP contribution in [-0.4, -0.2) is 18.1 Å². The quantitative estimate of drug-likeness (QED) is 0.853. The van der Waals surface area contributed by atoms with Gasteiger partial charge in [0.2, 0.25) is 0 Å². The number of hydrogen-bond donors (Lipinski definition) is 2. The highest BCUT2D eigenvalue weighted by Gasteiger charge is 2.10. The number of carbonyl (C=O) groups is 1. The number of thiocarbonyl (C=S) groups is 1. The number of benzene rings is 1. The highest BCUT2D eigenvalue weighted by molar-refractivity contribution is 7.80. The van der Waals surface area contributed by atoms with E-state index < -0.39 is 5.91 Å². The summed E-state index contributed by atoms with van der Waals surface area (Å²) in [6.07, 6.45) is 1.41. The normalized spacial score (nSPS) is 9.90. The molecule has 0 unspecified atom stereocenters. The molecule has 0 saturated carbocycles. The van der Waals surface area contributed by atoms with E-state index in [1.807, 2.05) is 0 Å². The lowest BCUT2D eigenvalue weighted by atomic mass is 10.3. The highest BCUT2D eigenvalue weighted by atomic mass is 35.5. The second-order valence-electron chi connectivity index (χ2n) is 3.73. The summed E-state index contributed by atoms with van der Waals surface area (Å²) in [6.45, 7) is 0. The maximum atomic E-state index is 11.7. The minimum atomic E-state index is -0.424. The minimum Gasteiger partial charge on any atom is -0.495 e. The molecular weight excluding hydrogens is 300 g/mol. The topological polar surface area (TPSA) is 63.5 Å². The van der Waals surface area contributed by atoms with Crippen LogP contribution in [0.3, 0.4) is 0 Å². The Bertz CT molecular complexity index is 629. The Balaban J connectivity index is 1.98. The van der Waals surface area contributed by atoms with Gasteiger partial charge in [0.1, 0.15) is 5.75 Å². The lowest BCUT2D eigenvalue weighted by Gasteiger charge is -2.10. The first-order valence-corrected chi connectivity index (χ1v) is 6.38. The third-order valence-electron chi connectivity index (χ3n) is 2.38. The van der Waals surface area contributed by atoms with Crippen LogP contribution in [-0.2, 0) is 0 Å². The van der Waals surface area contributed by atoms with Gasteiger partial charge < -0.3 is 14.5 Å². The van der Waals surface area contributed by atoms with Crippen molar-refractivity contribution in [3.05, 3.63) is 47.4 Å². The number of amides is 1. The van der Waals surface area contributed by atoms with Gasteiger partial charge in [-0.1, -0.05) is 11.6 Å². The lowest BCUT2D eigenvalue weighted by molar-refractivity contribution is 0.0950. The van der Waals surface area contributed by atoms with Crippen molar-refractivity contribution >= 4 is 40.5 Å². The predicted octanol–water partition coefficient (Wildman–Crippen LogP) is 3.07. The van der Waals surface area contributed by atoms with Crippen molar-refractivity contribution in [2.75, 3.05) is 12.4 Å². The number of furan rings is 1. The molecule has 0 aliphatic rings. The third-order valence-corrected chi connectivity index (χ3v) is 2.88. The van der Waals surface area contributed by atoms with Crippen molar-refractivity contribution in [3.8, 4) is 5.75 Å². The lowest BCUT2D eigenvalue weighted by Crippen LogP contribution is -2.33. The maximum absolute atomic E-state index is 11.7. The molecule has 20 heavy (non-hydrogen) atoms. The number of ether oxygens (including phenoxy) is 1. The summed E-state index contributed by atoms with van der Waals surface area (Å²) < 4.78 is 10.0. The summed E-state index contributed by atoms with van der Waals surface area (Å²) in [5, 5.41) is 5.93. The van der Waals surface area contributed by atoms with Crippen molar-refractivity contribution < 1.29 is 13.9 Å². The van der Waals surface area contributed by atoms with Gasteiger partial charge in [-0.2, -0.15) is 0 Å². The number of carbonyl (C=O) groups excluding carboxylic acids is 1. The third kappa shape index (κ3) is 3.49. The summed E-state index contributed by atoms with van der Waals surface area (Å²) >= 11 is 11.0. The van der Waals surface area contributed by atoms with Crippen LogP contribution in [0.25, 0.3) is 0 Å². The Morgan fingerprint density at radius 3 is 2.80 bits per heavy atom. The molecule has 0 spiro atoms. The number of hydrogen-bond acceptors (Lipinski definition) is 4. The van der Waals surface area contributed by atoms with Gasteiger partial charge in [-0.3, -0.25) is 10.1 Å².